The molecule has 0 saturated heterocycles. The second kappa shape index (κ2) is 6.18. The van der Waals surface area contributed by atoms with Crippen molar-refractivity contribution in [1.82, 2.24) is 25.5 Å². The van der Waals surface area contributed by atoms with Crippen molar-refractivity contribution in [3.05, 3.63) is 6.20 Å². The third kappa shape index (κ3) is 3.56. The summed E-state index contributed by atoms with van der Waals surface area (Å²) in [6, 6.07) is 0. The van der Waals surface area contributed by atoms with Crippen LogP contribution in [-0.2, 0) is 4.79 Å². The molecule has 2 aromatic rings. The Morgan fingerprint density at radius 3 is 3.00 bits per heavy atom. The molecule has 0 spiro atoms. The first-order chi connectivity index (χ1) is 9.56. The van der Waals surface area contributed by atoms with Gasteiger partial charge in [0.25, 0.3) is 0 Å². The van der Waals surface area contributed by atoms with Crippen molar-refractivity contribution >= 4 is 28.7 Å². The van der Waals surface area contributed by atoms with Gasteiger partial charge in [0.1, 0.15) is 5.82 Å². The summed E-state index contributed by atoms with van der Waals surface area (Å²) in [4.78, 5) is 19.7. The first-order valence-electron chi connectivity index (χ1n) is 6.53. The van der Waals surface area contributed by atoms with E-state index in [1.807, 2.05) is 0 Å². The molecule has 0 atom stereocenters. The molecule has 108 valence electrons. The molecule has 1 amide bonds. The van der Waals surface area contributed by atoms with E-state index in [0.717, 1.165) is 5.39 Å². The maximum absolute atomic E-state index is 11.6. The van der Waals surface area contributed by atoms with Crippen LogP contribution in [0.25, 0.3) is 11.0 Å². The number of nitrogens with one attached hydrogen (secondary N) is 3. The van der Waals surface area contributed by atoms with Crippen molar-refractivity contribution < 1.29 is 4.79 Å². The molecule has 2 rings (SSSR count). The van der Waals surface area contributed by atoms with Crippen LogP contribution in [0, 0.1) is 5.92 Å². The van der Waals surface area contributed by atoms with Crippen molar-refractivity contribution in [3.8, 4) is 0 Å². The Balaban J connectivity index is 1.90. The lowest BCUT2D eigenvalue weighted by molar-refractivity contribution is -0.120. The van der Waals surface area contributed by atoms with Crippen LogP contribution >= 0.6 is 0 Å². The van der Waals surface area contributed by atoms with Crippen LogP contribution in [0.5, 0.6) is 0 Å². The van der Waals surface area contributed by atoms with Gasteiger partial charge in [0.05, 0.1) is 11.6 Å². The molecule has 0 aliphatic heterocycles. The summed E-state index contributed by atoms with van der Waals surface area (Å²) < 4.78 is 0. The highest BCUT2D eigenvalue weighted by atomic mass is 16.1. The molecule has 0 fully saturated rings. The van der Waals surface area contributed by atoms with E-state index < -0.39 is 0 Å². The van der Waals surface area contributed by atoms with Crippen LogP contribution < -0.4 is 16.4 Å². The van der Waals surface area contributed by atoms with Crippen molar-refractivity contribution in [3.63, 3.8) is 0 Å². The Hall–Kier alpha value is -2.38. The number of nitrogens with two attached hydrogens (primary N) is 1. The van der Waals surface area contributed by atoms with Gasteiger partial charge in [-0.3, -0.25) is 9.89 Å². The Kier molecular flexibility index (Phi) is 4.34. The van der Waals surface area contributed by atoms with E-state index in [1.54, 1.807) is 6.20 Å². The van der Waals surface area contributed by atoms with E-state index >= 15 is 0 Å². The summed E-state index contributed by atoms with van der Waals surface area (Å²) in [5, 5.41) is 13.3. The second-order valence-corrected chi connectivity index (χ2v) is 4.94. The summed E-state index contributed by atoms with van der Waals surface area (Å²) in [6.45, 7) is 5.27. The van der Waals surface area contributed by atoms with Gasteiger partial charge in [-0.05, 0) is 5.92 Å². The van der Waals surface area contributed by atoms with Gasteiger partial charge in [0, 0.05) is 19.5 Å². The molecule has 0 aliphatic carbocycles. The number of carbonyl (C=O) groups is 1. The van der Waals surface area contributed by atoms with E-state index in [0.29, 0.717) is 36.9 Å². The van der Waals surface area contributed by atoms with E-state index in [-0.39, 0.29) is 11.9 Å². The normalized spacial score (nSPS) is 10.9. The van der Waals surface area contributed by atoms with Crippen molar-refractivity contribution in [1.29, 1.82) is 0 Å². The number of fused-ring (bicyclic) bond motifs is 1. The van der Waals surface area contributed by atoms with Gasteiger partial charge in [-0.2, -0.15) is 15.1 Å². The van der Waals surface area contributed by atoms with Gasteiger partial charge in [0.2, 0.25) is 11.9 Å². The minimum Gasteiger partial charge on any atom is -0.369 e. The zero-order valence-corrected chi connectivity index (χ0v) is 11.6. The molecular weight excluding hydrogens is 258 g/mol. The number of nitrogens with zero attached hydrogens (tertiary/aromatic N) is 3. The van der Waals surface area contributed by atoms with Gasteiger partial charge in [-0.1, -0.05) is 13.8 Å². The average molecular weight is 277 g/mol. The maximum Gasteiger partial charge on any atom is 0.224 e. The number of H-pyrrole nitrogens is 1. The van der Waals surface area contributed by atoms with Gasteiger partial charge in [0.15, 0.2) is 5.65 Å². The topological polar surface area (TPSA) is 122 Å². The van der Waals surface area contributed by atoms with Gasteiger partial charge in [-0.25, -0.2) is 0 Å². The number of amides is 1. The SMILES string of the molecule is CC(C)CNC(=O)CCNc1nc(N)nc2[nH]ncc12. The fraction of sp³-hybridized carbons (Fsp3) is 0.500. The predicted octanol–water partition coefficient (Wildman–Crippen LogP) is 0.509. The van der Waals surface area contributed by atoms with E-state index in [4.69, 9.17) is 5.73 Å². The molecule has 2 heterocycles. The summed E-state index contributed by atoms with van der Waals surface area (Å²) >= 11 is 0. The third-order valence-electron chi connectivity index (χ3n) is 2.68. The minimum absolute atomic E-state index is 0.0108. The van der Waals surface area contributed by atoms with Crippen molar-refractivity contribution in [2.45, 2.75) is 20.3 Å². The number of rotatable bonds is 6. The van der Waals surface area contributed by atoms with Crippen molar-refractivity contribution in [2.24, 2.45) is 5.92 Å². The van der Waals surface area contributed by atoms with Crippen LogP contribution in [0.2, 0.25) is 0 Å². The highest BCUT2D eigenvalue weighted by molar-refractivity contribution is 5.87. The zero-order valence-electron chi connectivity index (χ0n) is 11.6. The molecule has 0 unspecified atom stereocenters. The summed E-state index contributed by atoms with van der Waals surface area (Å²) in [6.07, 6.45) is 1.99. The predicted molar refractivity (Wildman–Crippen MR) is 77.1 cm³/mol. The number of aromatic nitrogens is 4. The zero-order chi connectivity index (χ0) is 14.5. The van der Waals surface area contributed by atoms with Crippen molar-refractivity contribution in [2.75, 3.05) is 24.1 Å². The summed E-state index contributed by atoms with van der Waals surface area (Å²) in [7, 11) is 0. The molecule has 8 heteroatoms. The first kappa shape index (κ1) is 14.0. The number of nitrogen functional groups attached to an aromatic ring is 1. The highest BCUT2D eigenvalue weighted by Crippen LogP contribution is 2.18. The molecule has 2 aromatic heterocycles. The number of anilines is 2. The van der Waals surface area contributed by atoms with Gasteiger partial charge < -0.3 is 16.4 Å². The maximum atomic E-state index is 11.6. The number of hydrogen-bond acceptors (Lipinski definition) is 6. The molecule has 0 aromatic carbocycles. The van der Waals surface area contributed by atoms with E-state index in [9.17, 15) is 4.79 Å². The fourth-order valence-electron chi connectivity index (χ4n) is 1.69. The summed E-state index contributed by atoms with van der Waals surface area (Å²) in [5.74, 6) is 1.20. The molecule has 0 aliphatic rings. The molecule has 0 bridgehead atoms. The van der Waals surface area contributed by atoms with E-state index in [1.165, 1.54) is 0 Å². The Morgan fingerprint density at radius 1 is 1.45 bits per heavy atom. The number of hydrogen-bond donors (Lipinski definition) is 4. The lowest BCUT2D eigenvalue weighted by atomic mass is 10.2. The first-order valence-corrected chi connectivity index (χ1v) is 6.53. The average Bonchev–Trinajstić information content (AvgIpc) is 2.84. The Labute approximate surface area is 116 Å². The quantitative estimate of drug-likeness (QED) is 0.610. The highest BCUT2D eigenvalue weighted by Gasteiger charge is 2.08. The van der Waals surface area contributed by atoms with Crippen LogP contribution in [0.3, 0.4) is 0 Å². The Bertz CT molecular complexity index is 593. The molecule has 5 N–H and O–H groups in total. The molecule has 0 saturated carbocycles. The minimum atomic E-state index is 0.0108. The largest absolute Gasteiger partial charge is 0.369 e. The monoisotopic (exact) mass is 277 g/mol. The van der Waals surface area contributed by atoms with Crippen LogP contribution in [0.4, 0.5) is 11.8 Å². The number of carbonyl (C=O) groups excluding carboxylic acids is 1. The molecule has 8 nitrogen and oxygen atoms in total. The smallest absolute Gasteiger partial charge is 0.224 e. The van der Waals surface area contributed by atoms with Gasteiger partial charge >= 0.3 is 0 Å². The third-order valence-corrected chi connectivity index (χ3v) is 2.68. The fourth-order valence-corrected chi connectivity index (χ4v) is 1.69. The lowest BCUT2D eigenvalue weighted by Crippen LogP contribution is -2.28. The second-order valence-electron chi connectivity index (χ2n) is 4.94. The molecule has 20 heavy (non-hydrogen) atoms. The van der Waals surface area contributed by atoms with Crippen LogP contribution in [0.15, 0.2) is 6.20 Å². The standard InChI is InChI=1S/C12H19N7O/c1-7(2)5-15-9(20)3-4-14-10-8-6-16-19-11(8)18-12(13)17-10/h6-7H,3-5H2,1-2H3,(H,15,20)(H4,13,14,16,17,18,19). The van der Waals surface area contributed by atoms with Gasteiger partial charge in [-0.15, -0.1) is 0 Å². The van der Waals surface area contributed by atoms with E-state index in [2.05, 4.69) is 44.6 Å². The summed E-state index contributed by atoms with van der Waals surface area (Å²) in [5.41, 5.74) is 6.18. The lowest BCUT2D eigenvalue weighted by Gasteiger charge is -2.09. The molecule has 0 radical (unpaired) electrons. The number of aromatic amines is 1. The molecular formula is C12H19N7O. The van der Waals surface area contributed by atoms with Crippen LogP contribution in [0.1, 0.15) is 20.3 Å². The van der Waals surface area contributed by atoms with Crippen LogP contribution in [-0.4, -0.2) is 39.2 Å². The Morgan fingerprint density at radius 2 is 2.25 bits per heavy atom.